The molecule has 0 atom stereocenters. The SMILES string of the molecule is COC(C)(C)C(=O)Nc1cncnc1. The highest BCUT2D eigenvalue weighted by Crippen LogP contribution is 2.11. The Balaban J connectivity index is 2.67. The van der Waals surface area contributed by atoms with Crippen molar-refractivity contribution in [2.24, 2.45) is 0 Å². The molecule has 1 amide bonds. The molecule has 14 heavy (non-hydrogen) atoms. The van der Waals surface area contributed by atoms with Gasteiger partial charge < -0.3 is 10.1 Å². The third-order valence-electron chi connectivity index (χ3n) is 1.88. The summed E-state index contributed by atoms with van der Waals surface area (Å²) in [5.74, 6) is -0.227. The number of ether oxygens (including phenoxy) is 1. The summed E-state index contributed by atoms with van der Waals surface area (Å²) in [4.78, 5) is 19.1. The van der Waals surface area contributed by atoms with E-state index in [2.05, 4.69) is 15.3 Å². The van der Waals surface area contributed by atoms with Gasteiger partial charge >= 0.3 is 0 Å². The second-order valence-electron chi connectivity index (χ2n) is 3.30. The predicted octanol–water partition coefficient (Wildman–Crippen LogP) is 0.840. The Morgan fingerprint density at radius 1 is 1.43 bits per heavy atom. The molecule has 1 aromatic rings. The Bertz CT molecular complexity index is 311. The molecule has 76 valence electrons. The van der Waals surface area contributed by atoms with E-state index in [0.717, 1.165) is 0 Å². The highest BCUT2D eigenvalue weighted by Gasteiger charge is 2.26. The molecular formula is C9H13N3O2. The van der Waals surface area contributed by atoms with Gasteiger partial charge in [0.2, 0.25) is 0 Å². The minimum absolute atomic E-state index is 0.227. The molecule has 5 heteroatoms. The van der Waals surface area contributed by atoms with Crippen molar-refractivity contribution in [2.45, 2.75) is 19.4 Å². The maximum Gasteiger partial charge on any atom is 0.256 e. The molecule has 0 aliphatic heterocycles. The van der Waals surface area contributed by atoms with Gasteiger partial charge in [-0.15, -0.1) is 0 Å². The zero-order valence-electron chi connectivity index (χ0n) is 8.44. The van der Waals surface area contributed by atoms with Crippen molar-refractivity contribution in [3.63, 3.8) is 0 Å². The molecule has 0 saturated carbocycles. The molecule has 5 nitrogen and oxygen atoms in total. The molecule has 1 heterocycles. The molecule has 0 spiro atoms. The van der Waals surface area contributed by atoms with E-state index < -0.39 is 5.60 Å². The first-order chi connectivity index (χ1) is 6.56. The highest BCUT2D eigenvalue weighted by molar-refractivity contribution is 5.96. The number of hydrogen-bond acceptors (Lipinski definition) is 4. The van der Waals surface area contributed by atoms with Crippen molar-refractivity contribution in [2.75, 3.05) is 12.4 Å². The molecule has 1 aromatic heterocycles. The highest BCUT2D eigenvalue weighted by atomic mass is 16.5. The second kappa shape index (κ2) is 4.15. The number of aromatic nitrogens is 2. The lowest BCUT2D eigenvalue weighted by Crippen LogP contribution is -2.38. The van der Waals surface area contributed by atoms with Gasteiger partial charge in [0.05, 0.1) is 18.1 Å². The number of nitrogens with one attached hydrogen (secondary N) is 1. The van der Waals surface area contributed by atoms with Gasteiger partial charge in [0.1, 0.15) is 11.9 Å². The summed E-state index contributed by atoms with van der Waals surface area (Å²) in [6.07, 6.45) is 4.45. The Kier molecular flexibility index (Phi) is 3.14. The topological polar surface area (TPSA) is 64.1 Å². The molecule has 0 unspecified atom stereocenters. The normalized spacial score (nSPS) is 11.1. The van der Waals surface area contributed by atoms with E-state index in [1.165, 1.54) is 25.8 Å². The summed E-state index contributed by atoms with van der Waals surface area (Å²) in [6, 6.07) is 0. The van der Waals surface area contributed by atoms with Gasteiger partial charge in [0.15, 0.2) is 0 Å². The van der Waals surface area contributed by atoms with Crippen LogP contribution < -0.4 is 5.32 Å². The largest absolute Gasteiger partial charge is 0.369 e. The minimum Gasteiger partial charge on any atom is -0.369 e. The lowest BCUT2D eigenvalue weighted by Gasteiger charge is -2.21. The maximum atomic E-state index is 11.6. The molecular weight excluding hydrogens is 182 g/mol. The van der Waals surface area contributed by atoms with Crippen molar-refractivity contribution in [3.05, 3.63) is 18.7 Å². The van der Waals surface area contributed by atoms with Crippen molar-refractivity contribution < 1.29 is 9.53 Å². The van der Waals surface area contributed by atoms with E-state index in [-0.39, 0.29) is 5.91 Å². The minimum atomic E-state index is -0.851. The Morgan fingerprint density at radius 2 is 2.00 bits per heavy atom. The summed E-state index contributed by atoms with van der Waals surface area (Å²) in [5.41, 5.74) is -0.293. The monoisotopic (exact) mass is 195 g/mol. The fourth-order valence-electron chi connectivity index (χ4n) is 0.738. The van der Waals surface area contributed by atoms with Crippen LogP contribution in [0.3, 0.4) is 0 Å². The van der Waals surface area contributed by atoms with Crippen LogP contribution in [0.15, 0.2) is 18.7 Å². The lowest BCUT2D eigenvalue weighted by molar-refractivity contribution is -0.133. The van der Waals surface area contributed by atoms with Crippen LogP contribution in [-0.4, -0.2) is 28.6 Å². The quantitative estimate of drug-likeness (QED) is 0.776. The molecule has 0 saturated heterocycles. The van der Waals surface area contributed by atoms with Gasteiger partial charge in [-0.2, -0.15) is 0 Å². The first-order valence-electron chi connectivity index (χ1n) is 4.18. The Labute approximate surface area is 82.5 Å². The van der Waals surface area contributed by atoms with Gasteiger partial charge in [0, 0.05) is 7.11 Å². The molecule has 0 fully saturated rings. The van der Waals surface area contributed by atoms with E-state index in [4.69, 9.17) is 4.74 Å². The summed E-state index contributed by atoms with van der Waals surface area (Å²) in [6.45, 7) is 3.37. The standard InChI is InChI=1S/C9H13N3O2/c1-9(2,14-3)8(13)12-7-4-10-6-11-5-7/h4-6H,1-3H3,(H,12,13). The Morgan fingerprint density at radius 3 is 2.50 bits per heavy atom. The number of carbonyl (C=O) groups excluding carboxylic acids is 1. The Hall–Kier alpha value is -1.49. The van der Waals surface area contributed by atoms with Crippen molar-refractivity contribution >= 4 is 11.6 Å². The number of amides is 1. The van der Waals surface area contributed by atoms with Crippen LogP contribution in [0.25, 0.3) is 0 Å². The molecule has 1 N–H and O–H groups in total. The van der Waals surface area contributed by atoms with E-state index in [1.54, 1.807) is 13.8 Å². The van der Waals surface area contributed by atoms with Gasteiger partial charge in [-0.1, -0.05) is 0 Å². The summed E-state index contributed by atoms with van der Waals surface area (Å²) >= 11 is 0. The number of hydrogen-bond donors (Lipinski definition) is 1. The van der Waals surface area contributed by atoms with Crippen LogP contribution in [0.1, 0.15) is 13.8 Å². The van der Waals surface area contributed by atoms with E-state index in [0.29, 0.717) is 5.69 Å². The van der Waals surface area contributed by atoms with Gasteiger partial charge in [-0.3, -0.25) is 4.79 Å². The molecule has 0 radical (unpaired) electrons. The van der Waals surface area contributed by atoms with E-state index in [9.17, 15) is 4.79 Å². The van der Waals surface area contributed by atoms with Crippen molar-refractivity contribution in [1.82, 2.24) is 9.97 Å². The number of methoxy groups -OCH3 is 1. The van der Waals surface area contributed by atoms with Crippen LogP contribution in [0.4, 0.5) is 5.69 Å². The average molecular weight is 195 g/mol. The summed E-state index contributed by atoms with van der Waals surface area (Å²) in [7, 11) is 1.49. The predicted molar refractivity (Wildman–Crippen MR) is 51.7 cm³/mol. The molecule has 0 aliphatic rings. The fourth-order valence-corrected chi connectivity index (χ4v) is 0.738. The molecule has 0 bridgehead atoms. The fraction of sp³-hybridized carbons (Fsp3) is 0.444. The number of anilines is 1. The van der Waals surface area contributed by atoms with Crippen molar-refractivity contribution in [3.8, 4) is 0 Å². The molecule has 0 aromatic carbocycles. The number of carbonyl (C=O) groups is 1. The van der Waals surface area contributed by atoms with Crippen LogP contribution in [0, 0.1) is 0 Å². The van der Waals surface area contributed by atoms with E-state index in [1.807, 2.05) is 0 Å². The molecule has 0 aliphatic carbocycles. The van der Waals surface area contributed by atoms with E-state index >= 15 is 0 Å². The summed E-state index contributed by atoms with van der Waals surface area (Å²) in [5, 5.41) is 2.64. The first kappa shape index (κ1) is 10.6. The molecule has 1 rings (SSSR count). The zero-order chi connectivity index (χ0) is 10.6. The van der Waals surface area contributed by atoms with Crippen molar-refractivity contribution in [1.29, 1.82) is 0 Å². The lowest BCUT2D eigenvalue weighted by atomic mass is 10.1. The van der Waals surface area contributed by atoms with Gasteiger partial charge in [-0.05, 0) is 13.8 Å². The number of nitrogens with zero attached hydrogens (tertiary/aromatic N) is 2. The maximum absolute atomic E-state index is 11.6. The van der Waals surface area contributed by atoms with Gasteiger partial charge in [0.25, 0.3) is 5.91 Å². The van der Waals surface area contributed by atoms with Crippen LogP contribution in [0.2, 0.25) is 0 Å². The van der Waals surface area contributed by atoms with Crippen LogP contribution >= 0.6 is 0 Å². The smallest absolute Gasteiger partial charge is 0.256 e. The second-order valence-corrected chi connectivity index (χ2v) is 3.30. The van der Waals surface area contributed by atoms with Gasteiger partial charge in [-0.25, -0.2) is 9.97 Å². The third kappa shape index (κ3) is 2.50. The average Bonchev–Trinajstić information content (AvgIpc) is 2.19. The zero-order valence-corrected chi connectivity index (χ0v) is 8.44. The van der Waals surface area contributed by atoms with Crippen LogP contribution in [0.5, 0.6) is 0 Å². The number of rotatable bonds is 3. The summed E-state index contributed by atoms with van der Waals surface area (Å²) < 4.78 is 5.02. The van der Waals surface area contributed by atoms with Crippen LogP contribution in [-0.2, 0) is 9.53 Å². The third-order valence-corrected chi connectivity index (χ3v) is 1.88. The first-order valence-corrected chi connectivity index (χ1v) is 4.18.